The first-order chi connectivity index (χ1) is 14.6. The van der Waals surface area contributed by atoms with Crippen molar-refractivity contribution in [1.29, 1.82) is 0 Å². The molecule has 178 valence electrons. The first-order valence-electron chi connectivity index (χ1n) is 13.0. The largest absolute Gasteiger partial charge is 0.395 e. The topological polar surface area (TPSA) is 80.9 Å². The maximum Gasteiger partial charge on any atom is 0.0821 e. The quantitative estimate of drug-likeness (QED) is 0.466. The highest BCUT2D eigenvalue weighted by Crippen LogP contribution is 2.68. The van der Waals surface area contributed by atoms with E-state index in [1.165, 1.54) is 25.7 Å². The van der Waals surface area contributed by atoms with Gasteiger partial charge >= 0.3 is 0 Å². The Hall–Kier alpha value is -0.420. The Morgan fingerprint density at radius 1 is 1.03 bits per heavy atom. The number of aliphatic hydroxyl groups excluding tert-OH is 3. The van der Waals surface area contributed by atoms with Crippen LogP contribution in [0.3, 0.4) is 0 Å². The second kappa shape index (κ2) is 8.42. The fourth-order valence-corrected chi connectivity index (χ4v) is 8.75. The summed E-state index contributed by atoms with van der Waals surface area (Å²) in [6.45, 7) is 9.35. The molecule has 9 atom stereocenters. The minimum atomic E-state index is -1.08. The first kappa shape index (κ1) is 23.7. The van der Waals surface area contributed by atoms with E-state index in [0.717, 1.165) is 24.3 Å². The van der Waals surface area contributed by atoms with Crippen LogP contribution in [0.5, 0.6) is 0 Å². The third kappa shape index (κ3) is 3.55. The van der Waals surface area contributed by atoms with E-state index in [0.29, 0.717) is 37.5 Å². The molecule has 3 fully saturated rings. The van der Waals surface area contributed by atoms with Crippen molar-refractivity contribution >= 4 is 0 Å². The molecule has 3 saturated carbocycles. The molecule has 0 aromatic rings. The minimum absolute atomic E-state index is 0.0935. The fourth-order valence-electron chi connectivity index (χ4n) is 8.75. The van der Waals surface area contributed by atoms with Gasteiger partial charge in [-0.25, -0.2) is 0 Å². The number of hydrogen-bond donors (Lipinski definition) is 4. The zero-order chi connectivity index (χ0) is 22.6. The predicted octanol–water partition coefficient (Wildman–Crippen LogP) is 4.45. The number of fused-ring (bicyclic) bond motifs is 5. The van der Waals surface area contributed by atoms with Crippen molar-refractivity contribution in [3.8, 4) is 0 Å². The molecule has 9 unspecified atom stereocenters. The van der Waals surface area contributed by atoms with Crippen LogP contribution in [-0.4, -0.2) is 44.8 Å². The van der Waals surface area contributed by atoms with E-state index in [-0.39, 0.29) is 23.9 Å². The van der Waals surface area contributed by atoms with Crippen molar-refractivity contribution in [2.45, 2.75) is 110 Å². The van der Waals surface area contributed by atoms with E-state index in [9.17, 15) is 20.4 Å². The van der Waals surface area contributed by atoms with Crippen LogP contribution < -0.4 is 0 Å². The molecule has 0 heterocycles. The summed E-state index contributed by atoms with van der Waals surface area (Å²) in [6, 6.07) is 0. The maximum atomic E-state index is 12.2. The Morgan fingerprint density at radius 3 is 2.45 bits per heavy atom. The smallest absolute Gasteiger partial charge is 0.0821 e. The molecule has 4 aliphatic carbocycles. The lowest BCUT2D eigenvalue weighted by Gasteiger charge is -2.64. The molecule has 0 bridgehead atoms. The van der Waals surface area contributed by atoms with Crippen LogP contribution in [0, 0.1) is 40.4 Å². The van der Waals surface area contributed by atoms with E-state index in [4.69, 9.17) is 0 Å². The lowest BCUT2D eigenvalue weighted by atomic mass is 9.43. The molecule has 0 aromatic carbocycles. The van der Waals surface area contributed by atoms with Gasteiger partial charge < -0.3 is 20.4 Å². The highest BCUT2D eigenvalue weighted by molar-refractivity contribution is 5.34. The molecule has 4 N–H and O–H groups in total. The Balaban J connectivity index is 1.61. The average molecular weight is 435 g/mol. The Morgan fingerprint density at radius 2 is 1.77 bits per heavy atom. The number of rotatable bonds is 6. The number of hydrogen-bond acceptors (Lipinski definition) is 4. The SMILES string of the molecule is CC(C)CCCC(C)C1CCC2C3C(O)C=C4CC(O)CCC4(CO)C3(O)CCC12C. The third-order valence-corrected chi connectivity index (χ3v) is 10.5. The van der Waals surface area contributed by atoms with Gasteiger partial charge in [0.25, 0.3) is 0 Å². The Bertz CT molecular complexity index is 689. The van der Waals surface area contributed by atoms with Gasteiger partial charge in [-0.2, -0.15) is 0 Å². The molecular formula is C27H46O4. The summed E-state index contributed by atoms with van der Waals surface area (Å²) in [5.74, 6) is 2.14. The van der Waals surface area contributed by atoms with E-state index >= 15 is 0 Å². The fraction of sp³-hybridized carbons (Fsp3) is 0.926. The molecule has 4 aliphatic rings. The highest BCUT2D eigenvalue weighted by atomic mass is 16.3. The molecule has 0 radical (unpaired) electrons. The highest BCUT2D eigenvalue weighted by Gasteiger charge is 2.68. The monoisotopic (exact) mass is 434 g/mol. The van der Waals surface area contributed by atoms with E-state index < -0.39 is 23.2 Å². The van der Waals surface area contributed by atoms with Crippen LogP contribution >= 0.6 is 0 Å². The van der Waals surface area contributed by atoms with E-state index in [2.05, 4.69) is 27.7 Å². The van der Waals surface area contributed by atoms with Gasteiger partial charge in [0.2, 0.25) is 0 Å². The van der Waals surface area contributed by atoms with Gasteiger partial charge in [-0.1, -0.05) is 58.6 Å². The van der Waals surface area contributed by atoms with Gasteiger partial charge in [0.05, 0.1) is 24.4 Å². The predicted molar refractivity (Wildman–Crippen MR) is 123 cm³/mol. The van der Waals surface area contributed by atoms with Crippen LogP contribution in [0.2, 0.25) is 0 Å². The lowest BCUT2D eigenvalue weighted by molar-refractivity contribution is -0.226. The molecule has 0 amide bonds. The first-order valence-corrected chi connectivity index (χ1v) is 13.0. The lowest BCUT2D eigenvalue weighted by Crippen LogP contribution is -2.68. The summed E-state index contributed by atoms with van der Waals surface area (Å²) in [6.07, 6.45) is 10.2. The molecule has 0 saturated heterocycles. The summed E-state index contributed by atoms with van der Waals surface area (Å²) in [4.78, 5) is 0. The van der Waals surface area contributed by atoms with Crippen molar-refractivity contribution in [1.82, 2.24) is 0 Å². The van der Waals surface area contributed by atoms with Crippen LogP contribution in [0.25, 0.3) is 0 Å². The zero-order valence-corrected chi connectivity index (χ0v) is 20.2. The minimum Gasteiger partial charge on any atom is -0.395 e. The van der Waals surface area contributed by atoms with Gasteiger partial charge in [0.15, 0.2) is 0 Å². The van der Waals surface area contributed by atoms with Gasteiger partial charge in [-0.15, -0.1) is 0 Å². The van der Waals surface area contributed by atoms with Crippen LogP contribution in [0.4, 0.5) is 0 Å². The van der Waals surface area contributed by atoms with Gasteiger partial charge in [0.1, 0.15) is 0 Å². The summed E-state index contributed by atoms with van der Waals surface area (Å²) in [5, 5.41) is 44.3. The van der Waals surface area contributed by atoms with E-state index in [1.54, 1.807) is 0 Å². The van der Waals surface area contributed by atoms with Crippen molar-refractivity contribution in [2.24, 2.45) is 40.4 Å². The Kier molecular flexibility index (Phi) is 6.44. The second-order valence-electron chi connectivity index (χ2n) is 12.4. The number of aliphatic hydroxyl groups is 4. The molecule has 4 heteroatoms. The third-order valence-electron chi connectivity index (χ3n) is 10.5. The molecule has 0 spiro atoms. The van der Waals surface area contributed by atoms with Gasteiger partial charge in [0, 0.05) is 11.3 Å². The average Bonchev–Trinajstić information content (AvgIpc) is 3.04. The normalized spacial score (nSPS) is 48.0. The Labute approximate surface area is 189 Å². The van der Waals surface area contributed by atoms with Gasteiger partial charge in [-0.3, -0.25) is 0 Å². The second-order valence-corrected chi connectivity index (χ2v) is 12.4. The van der Waals surface area contributed by atoms with Crippen LogP contribution in [0.1, 0.15) is 91.9 Å². The molecule has 0 aliphatic heterocycles. The molecular weight excluding hydrogens is 388 g/mol. The van der Waals surface area contributed by atoms with Crippen molar-refractivity contribution in [3.63, 3.8) is 0 Å². The van der Waals surface area contributed by atoms with Gasteiger partial charge in [-0.05, 0) is 74.0 Å². The van der Waals surface area contributed by atoms with E-state index in [1.807, 2.05) is 6.08 Å². The molecule has 31 heavy (non-hydrogen) atoms. The molecule has 0 aromatic heterocycles. The van der Waals surface area contributed by atoms with Crippen LogP contribution in [-0.2, 0) is 0 Å². The summed E-state index contributed by atoms with van der Waals surface area (Å²) in [7, 11) is 0. The standard InChI is InChI=1S/C27H46O4/c1-17(2)6-5-7-18(3)21-8-9-22-24-23(30)15-19-14-20(29)10-11-26(19,16-28)27(24,31)13-12-25(21,22)4/h15,17-18,20-24,28-31H,5-14,16H2,1-4H3. The summed E-state index contributed by atoms with van der Waals surface area (Å²) < 4.78 is 0. The van der Waals surface area contributed by atoms with Crippen molar-refractivity contribution < 1.29 is 20.4 Å². The zero-order valence-electron chi connectivity index (χ0n) is 20.2. The molecule has 4 rings (SSSR count). The summed E-state index contributed by atoms with van der Waals surface area (Å²) in [5.41, 5.74) is -0.741. The maximum absolute atomic E-state index is 12.2. The van der Waals surface area contributed by atoms with Crippen molar-refractivity contribution in [2.75, 3.05) is 6.61 Å². The molecule has 4 nitrogen and oxygen atoms in total. The summed E-state index contributed by atoms with van der Waals surface area (Å²) >= 11 is 0. The van der Waals surface area contributed by atoms with Crippen LogP contribution in [0.15, 0.2) is 11.6 Å². The van der Waals surface area contributed by atoms with Crippen molar-refractivity contribution in [3.05, 3.63) is 11.6 Å².